The third-order valence-electron chi connectivity index (χ3n) is 3.69. The number of aromatic nitrogens is 1. The summed E-state index contributed by atoms with van der Waals surface area (Å²) in [5, 5.41) is 17.0. The van der Waals surface area contributed by atoms with E-state index < -0.39 is 0 Å². The van der Waals surface area contributed by atoms with Gasteiger partial charge in [0.2, 0.25) is 0 Å². The van der Waals surface area contributed by atoms with E-state index in [-0.39, 0.29) is 12.1 Å². The van der Waals surface area contributed by atoms with Gasteiger partial charge in [-0.25, -0.2) is 0 Å². The lowest BCUT2D eigenvalue weighted by Gasteiger charge is -2.21. The molecule has 2 heterocycles. The number of rotatable bonds is 3. The van der Waals surface area contributed by atoms with Crippen LogP contribution in [0.5, 0.6) is 0 Å². The van der Waals surface area contributed by atoms with Crippen LogP contribution in [0.25, 0.3) is 10.9 Å². The lowest BCUT2D eigenvalue weighted by Crippen LogP contribution is -2.33. The number of nitrogens with zero attached hydrogens (tertiary/aromatic N) is 2. The van der Waals surface area contributed by atoms with E-state index in [1.54, 1.807) is 13.3 Å². The van der Waals surface area contributed by atoms with Gasteiger partial charge >= 0.3 is 0 Å². The number of hydrogen-bond donors (Lipinski definition) is 2. The number of benzene rings is 1. The van der Waals surface area contributed by atoms with Gasteiger partial charge < -0.3 is 15.4 Å². The number of ether oxygens (including phenoxy) is 1. The van der Waals surface area contributed by atoms with Gasteiger partial charge in [-0.2, -0.15) is 5.26 Å². The molecule has 5 heteroatoms. The molecular formula is C15H16N4O. The monoisotopic (exact) mass is 268 g/mol. The Hall–Kier alpha value is -2.16. The van der Waals surface area contributed by atoms with Crippen molar-refractivity contribution >= 4 is 16.6 Å². The molecule has 5 nitrogen and oxygen atoms in total. The van der Waals surface area contributed by atoms with Gasteiger partial charge in [0.05, 0.1) is 28.9 Å². The fourth-order valence-electron chi connectivity index (χ4n) is 2.61. The maximum atomic E-state index is 9.30. The normalized spacial score (nSPS) is 21.8. The highest BCUT2D eigenvalue weighted by Gasteiger charge is 2.27. The number of methoxy groups -OCH3 is 1. The maximum Gasteiger partial charge on any atom is 0.103 e. The number of fused-ring (bicyclic) bond motifs is 1. The van der Waals surface area contributed by atoms with Gasteiger partial charge in [0.25, 0.3) is 0 Å². The molecule has 1 aromatic carbocycles. The van der Waals surface area contributed by atoms with Crippen LogP contribution in [0, 0.1) is 11.3 Å². The van der Waals surface area contributed by atoms with E-state index >= 15 is 0 Å². The first-order valence-corrected chi connectivity index (χ1v) is 6.61. The average molecular weight is 268 g/mol. The summed E-state index contributed by atoms with van der Waals surface area (Å²) in [7, 11) is 1.71. The van der Waals surface area contributed by atoms with Crippen LogP contribution in [-0.4, -0.2) is 37.3 Å². The van der Waals surface area contributed by atoms with Crippen molar-refractivity contribution in [2.24, 2.45) is 0 Å². The quantitative estimate of drug-likeness (QED) is 0.883. The smallest absolute Gasteiger partial charge is 0.103 e. The van der Waals surface area contributed by atoms with Gasteiger partial charge in [0.15, 0.2) is 0 Å². The standard InChI is InChI=1S/C15H16N4O/c1-20-14-9-17-8-13(14)19-15-10(6-16)7-18-12-5-3-2-4-11(12)15/h2-5,7,13-14,17H,8-9H2,1H3,(H,18,19)/t13?,14-/m0/s1. The van der Waals surface area contributed by atoms with Crippen molar-refractivity contribution in [3.05, 3.63) is 36.0 Å². The van der Waals surface area contributed by atoms with Crippen molar-refractivity contribution in [1.82, 2.24) is 10.3 Å². The fourth-order valence-corrected chi connectivity index (χ4v) is 2.61. The fraction of sp³-hybridized carbons (Fsp3) is 0.333. The van der Waals surface area contributed by atoms with Crippen molar-refractivity contribution in [3.63, 3.8) is 0 Å². The lowest BCUT2D eigenvalue weighted by atomic mass is 10.1. The molecule has 1 saturated heterocycles. The Morgan fingerprint density at radius 1 is 1.40 bits per heavy atom. The zero-order chi connectivity index (χ0) is 13.9. The highest BCUT2D eigenvalue weighted by atomic mass is 16.5. The molecule has 0 bridgehead atoms. The maximum absolute atomic E-state index is 9.30. The highest BCUT2D eigenvalue weighted by Crippen LogP contribution is 2.27. The second-order valence-electron chi connectivity index (χ2n) is 4.86. The molecule has 0 aliphatic carbocycles. The van der Waals surface area contributed by atoms with E-state index in [1.165, 1.54) is 0 Å². The molecular weight excluding hydrogens is 252 g/mol. The molecule has 1 unspecified atom stereocenters. The molecule has 3 rings (SSSR count). The van der Waals surface area contributed by atoms with Crippen molar-refractivity contribution in [2.45, 2.75) is 12.1 Å². The summed E-state index contributed by atoms with van der Waals surface area (Å²) in [5.41, 5.74) is 2.29. The van der Waals surface area contributed by atoms with Gasteiger partial charge in [-0.05, 0) is 6.07 Å². The van der Waals surface area contributed by atoms with Crippen LogP contribution in [0.3, 0.4) is 0 Å². The number of pyridine rings is 1. The number of anilines is 1. The minimum atomic E-state index is 0.105. The second kappa shape index (κ2) is 5.45. The molecule has 2 N–H and O–H groups in total. The Kier molecular flexibility index (Phi) is 3.50. The number of para-hydroxylation sites is 1. The van der Waals surface area contributed by atoms with Crippen LogP contribution < -0.4 is 10.6 Å². The van der Waals surface area contributed by atoms with E-state index in [4.69, 9.17) is 4.74 Å². The van der Waals surface area contributed by atoms with Crippen LogP contribution in [0.2, 0.25) is 0 Å². The summed E-state index contributed by atoms with van der Waals surface area (Å²) in [4.78, 5) is 4.32. The second-order valence-corrected chi connectivity index (χ2v) is 4.86. The SMILES string of the molecule is CO[C@H]1CNCC1Nc1c(C#N)cnc2ccccc12. The lowest BCUT2D eigenvalue weighted by molar-refractivity contribution is 0.112. The van der Waals surface area contributed by atoms with E-state index in [9.17, 15) is 5.26 Å². The molecule has 20 heavy (non-hydrogen) atoms. The Morgan fingerprint density at radius 2 is 2.25 bits per heavy atom. The van der Waals surface area contributed by atoms with E-state index in [0.29, 0.717) is 5.56 Å². The van der Waals surface area contributed by atoms with Crippen molar-refractivity contribution in [3.8, 4) is 6.07 Å². The predicted molar refractivity (Wildman–Crippen MR) is 77.5 cm³/mol. The van der Waals surface area contributed by atoms with Crippen LogP contribution >= 0.6 is 0 Å². The molecule has 0 amide bonds. The van der Waals surface area contributed by atoms with Gasteiger partial charge in [-0.3, -0.25) is 4.98 Å². The zero-order valence-corrected chi connectivity index (χ0v) is 11.3. The summed E-state index contributed by atoms with van der Waals surface area (Å²) >= 11 is 0. The largest absolute Gasteiger partial charge is 0.378 e. The summed E-state index contributed by atoms with van der Waals surface area (Å²) in [5.74, 6) is 0. The summed E-state index contributed by atoms with van der Waals surface area (Å²) in [6, 6.07) is 10.2. The summed E-state index contributed by atoms with van der Waals surface area (Å²) in [6.07, 6.45) is 1.72. The average Bonchev–Trinajstić information content (AvgIpc) is 2.95. The van der Waals surface area contributed by atoms with Gasteiger partial charge in [0, 0.05) is 31.8 Å². The third-order valence-corrected chi connectivity index (χ3v) is 3.69. The van der Waals surface area contributed by atoms with E-state index in [0.717, 1.165) is 29.7 Å². The van der Waals surface area contributed by atoms with E-state index in [2.05, 4.69) is 21.7 Å². The first-order valence-electron chi connectivity index (χ1n) is 6.61. The molecule has 1 aliphatic heterocycles. The molecule has 1 aromatic heterocycles. The molecule has 1 aliphatic rings. The van der Waals surface area contributed by atoms with E-state index in [1.807, 2.05) is 24.3 Å². The van der Waals surface area contributed by atoms with Crippen LogP contribution in [0.1, 0.15) is 5.56 Å². The van der Waals surface area contributed by atoms with Gasteiger partial charge in [-0.1, -0.05) is 18.2 Å². The van der Waals surface area contributed by atoms with Crippen LogP contribution in [-0.2, 0) is 4.74 Å². The zero-order valence-electron chi connectivity index (χ0n) is 11.3. The number of nitriles is 1. The molecule has 2 atom stereocenters. The molecule has 0 saturated carbocycles. The van der Waals surface area contributed by atoms with Gasteiger partial charge in [0.1, 0.15) is 6.07 Å². The molecule has 0 radical (unpaired) electrons. The highest BCUT2D eigenvalue weighted by molar-refractivity contribution is 5.94. The Bertz CT molecular complexity index is 664. The molecule has 0 spiro atoms. The Balaban J connectivity index is 2.03. The number of hydrogen-bond acceptors (Lipinski definition) is 5. The predicted octanol–water partition coefficient (Wildman–Crippen LogP) is 1.51. The third kappa shape index (κ3) is 2.20. The van der Waals surface area contributed by atoms with Crippen molar-refractivity contribution in [2.75, 3.05) is 25.5 Å². The summed E-state index contributed by atoms with van der Waals surface area (Å²) in [6.45, 7) is 1.64. The Morgan fingerprint density at radius 3 is 3.05 bits per heavy atom. The molecule has 2 aromatic rings. The summed E-state index contributed by atoms with van der Waals surface area (Å²) < 4.78 is 5.46. The van der Waals surface area contributed by atoms with Crippen molar-refractivity contribution < 1.29 is 4.74 Å². The molecule has 1 fully saturated rings. The van der Waals surface area contributed by atoms with Crippen LogP contribution in [0.15, 0.2) is 30.5 Å². The topological polar surface area (TPSA) is 70.0 Å². The van der Waals surface area contributed by atoms with Gasteiger partial charge in [-0.15, -0.1) is 0 Å². The molecule has 102 valence electrons. The van der Waals surface area contributed by atoms with Crippen LogP contribution in [0.4, 0.5) is 5.69 Å². The number of nitrogens with one attached hydrogen (secondary N) is 2. The van der Waals surface area contributed by atoms with Crippen molar-refractivity contribution in [1.29, 1.82) is 5.26 Å². The first-order chi connectivity index (χ1) is 9.83. The minimum absolute atomic E-state index is 0.105. The first kappa shape index (κ1) is 12.9. The minimum Gasteiger partial charge on any atom is -0.378 e. The Labute approximate surface area is 117 Å².